The molecule has 17 heavy (non-hydrogen) atoms. The van der Waals surface area contributed by atoms with E-state index in [-0.39, 0.29) is 5.91 Å². The molecule has 0 aromatic carbocycles. The number of carbonyl (C=O) groups excluding carboxylic acids is 1. The molecule has 2 aromatic rings. The number of nitrogens with zero attached hydrogens (tertiary/aromatic N) is 2. The predicted octanol–water partition coefficient (Wildman–Crippen LogP) is 1.43. The van der Waals surface area contributed by atoms with Crippen molar-refractivity contribution in [2.45, 2.75) is 6.42 Å². The normalized spacial score (nSPS) is 10.2. The van der Waals surface area contributed by atoms with Crippen LogP contribution in [0.5, 0.6) is 0 Å². The van der Waals surface area contributed by atoms with E-state index in [9.17, 15) is 4.79 Å². The van der Waals surface area contributed by atoms with Crippen LogP contribution in [-0.2, 0) is 6.42 Å². The van der Waals surface area contributed by atoms with E-state index in [1.54, 1.807) is 24.7 Å². The average molecular weight is 251 g/mol. The van der Waals surface area contributed by atoms with Gasteiger partial charge < -0.3 is 10.3 Å². The highest BCUT2D eigenvalue weighted by molar-refractivity contribution is 6.30. The van der Waals surface area contributed by atoms with Gasteiger partial charge in [0.05, 0.1) is 11.3 Å². The molecule has 0 unspecified atom stereocenters. The van der Waals surface area contributed by atoms with Crippen LogP contribution in [0.4, 0.5) is 0 Å². The molecule has 0 saturated heterocycles. The second-order valence-corrected chi connectivity index (χ2v) is 3.88. The van der Waals surface area contributed by atoms with Gasteiger partial charge in [-0.15, -0.1) is 0 Å². The number of aromatic nitrogens is 3. The molecule has 5 nitrogen and oxygen atoms in total. The summed E-state index contributed by atoms with van der Waals surface area (Å²) in [6.07, 6.45) is 5.50. The van der Waals surface area contributed by atoms with Crippen LogP contribution in [0.3, 0.4) is 0 Å². The first-order valence-electron chi connectivity index (χ1n) is 5.13. The standard InChI is InChI=1S/C11H11ClN4O/c12-8-1-2-10(15-5-8)11(17)14-4-3-9-6-13-7-16-9/h1-2,5-7H,3-4H2,(H,13,16)(H,14,17). The van der Waals surface area contributed by atoms with Crippen molar-refractivity contribution in [1.82, 2.24) is 20.3 Å². The highest BCUT2D eigenvalue weighted by atomic mass is 35.5. The molecular weight excluding hydrogens is 240 g/mol. The van der Waals surface area contributed by atoms with Crippen LogP contribution in [0.1, 0.15) is 16.2 Å². The Morgan fingerprint density at radius 2 is 2.29 bits per heavy atom. The lowest BCUT2D eigenvalue weighted by atomic mass is 10.3. The van der Waals surface area contributed by atoms with Gasteiger partial charge in [0, 0.05) is 31.1 Å². The molecule has 2 N–H and O–H groups in total. The van der Waals surface area contributed by atoms with Crippen LogP contribution in [-0.4, -0.2) is 27.4 Å². The monoisotopic (exact) mass is 250 g/mol. The Hall–Kier alpha value is -1.88. The van der Waals surface area contributed by atoms with Gasteiger partial charge in [0.1, 0.15) is 5.69 Å². The van der Waals surface area contributed by atoms with Crippen LogP contribution in [0.2, 0.25) is 5.02 Å². The molecule has 0 fully saturated rings. The number of halogens is 1. The minimum absolute atomic E-state index is 0.207. The van der Waals surface area contributed by atoms with E-state index in [0.29, 0.717) is 23.7 Å². The Morgan fingerprint density at radius 1 is 1.41 bits per heavy atom. The largest absolute Gasteiger partial charge is 0.350 e. The molecular formula is C11H11ClN4O. The zero-order valence-corrected chi connectivity index (χ0v) is 9.74. The van der Waals surface area contributed by atoms with E-state index in [1.807, 2.05) is 0 Å². The summed E-state index contributed by atoms with van der Waals surface area (Å²) in [5.41, 5.74) is 1.34. The molecule has 1 amide bonds. The fourth-order valence-corrected chi connectivity index (χ4v) is 1.44. The number of nitrogens with one attached hydrogen (secondary N) is 2. The van der Waals surface area contributed by atoms with Gasteiger partial charge in [-0.1, -0.05) is 11.6 Å². The lowest BCUT2D eigenvalue weighted by Gasteiger charge is -2.03. The first-order valence-corrected chi connectivity index (χ1v) is 5.50. The van der Waals surface area contributed by atoms with Gasteiger partial charge in [0.15, 0.2) is 0 Å². The number of imidazole rings is 1. The summed E-state index contributed by atoms with van der Waals surface area (Å²) in [6.45, 7) is 0.533. The molecule has 0 atom stereocenters. The number of carbonyl (C=O) groups is 1. The molecule has 0 spiro atoms. The van der Waals surface area contributed by atoms with Crippen LogP contribution >= 0.6 is 11.6 Å². The molecule has 2 rings (SSSR count). The number of aromatic amines is 1. The van der Waals surface area contributed by atoms with Gasteiger partial charge in [-0.2, -0.15) is 0 Å². The number of pyridine rings is 1. The van der Waals surface area contributed by atoms with Crippen molar-refractivity contribution in [3.63, 3.8) is 0 Å². The van der Waals surface area contributed by atoms with Gasteiger partial charge in [0.25, 0.3) is 5.91 Å². The van der Waals surface area contributed by atoms with Crippen LogP contribution in [0.15, 0.2) is 30.9 Å². The molecule has 0 aliphatic heterocycles. The van der Waals surface area contributed by atoms with Crippen LogP contribution in [0, 0.1) is 0 Å². The van der Waals surface area contributed by atoms with Crippen molar-refractivity contribution >= 4 is 17.5 Å². The molecule has 0 aliphatic rings. The third kappa shape index (κ3) is 3.29. The van der Waals surface area contributed by atoms with Gasteiger partial charge in [0.2, 0.25) is 0 Å². The predicted molar refractivity (Wildman–Crippen MR) is 63.9 cm³/mol. The van der Waals surface area contributed by atoms with E-state index in [2.05, 4.69) is 20.3 Å². The highest BCUT2D eigenvalue weighted by Crippen LogP contribution is 2.05. The molecule has 0 radical (unpaired) electrons. The Kier molecular flexibility index (Phi) is 3.72. The van der Waals surface area contributed by atoms with Crippen molar-refractivity contribution < 1.29 is 4.79 Å². The number of hydrogen-bond donors (Lipinski definition) is 2. The summed E-state index contributed by atoms with van der Waals surface area (Å²) >= 11 is 5.68. The van der Waals surface area contributed by atoms with Crippen molar-refractivity contribution in [3.05, 3.63) is 47.3 Å². The fourth-order valence-electron chi connectivity index (χ4n) is 1.33. The molecule has 6 heteroatoms. The second kappa shape index (κ2) is 5.45. The Balaban J connectivity index is 1.83. The smallest absolute Gasteiger partial charge is 0.269 e. The number of amides is 1. The minimum Gasteiger partial charge on any atom is -0.350 e. The SMILES string of the molecule is O=C(NCCc1cnc[nH]1)c1ccc(Cl)cn1. The summed E-state index contributed by atoms with van der Waals surface area (Å²) in [7, 11) is 0. The Labute approximate surface area is 103 Å². The third-order valence-electron chi connectivity index (χ3n) is 2.19. The van der Waals surface area contributed by atoms with Crippen molar-refractivity contribution in [3.8, 4) is 0 Å². The molecule has 88 valence electrons. The average Bonchev–Trinajstić information content (AvgIpc) is 2.83. The fraction of sp³-hybridized carbons (Fsp3) is 0.182. The maximum Gasteiger partial charge on any atom is 0.269 e. The summed E-state index contributed by atoms with van der Waals surface area (Å²) in [6, 6.07) is 3.23. The number of hydrogen-bond acceptors (Lipinski definition) is 3. The molecule has 2 heterocycles. The summed E-state index contributed by atoms with van der Waals surface area (Å²) in [5, 5.41) is 3.28. The third-order valence-corrected chi connectivity index (χ3v) is 2.42. The van der Waals surface area contributed by atoms with Gasteiger partial charge >= 0.3 is 0 Å². The van der Waals surface area contributed by atoms with Crippen LogP contribution in [0.25, 0.3) is 0 Å². The van der Waals surface area contributed by atoms with E-state index in [1.165, 1.54) is 6.20 Å². The first-order chi connectivity index (χ1) is 8.25. The maximum absolute atomic E-state index is 11.6. The minimum atomic E-state index is -0.207. The quantitative estimate of drug-likeness (QED) is 0.862. The lowest BCUT2D eigenvalue weighted by Crippen LogP contribution is -2.26. The van der Waals surface area contributed by atoms with Crippen molar-refractivity contribution in [2.24, 2.45) is 0 Å². The van der Waals surface area contributed by atoms with E-state index < -0.39 is 0 Å². The molecule has 2 aromatic heterocycles. The molecule has 0 aliphatic carbocycles. The molecule has 0 bridgehead atoms. The topological polar surface area (TPSA) is 70.7 Å². The zero-order valence-electron chi connectivity index (χ0n) is 8.98. The summed E-state index contributed by atoms with van der Waals surface area (Å²) < 4.78 is 0. The van der Waals surface area contributed by atoms with Gasteiger partial charge in [-0.25, -0.2) is 9.97 Å². The van der Waals surface area contributed by atoms with E-state index in [0.717, 1.165) is 5.69 Å². The highest BCUT2D eigenvalue weighted by Gasteiger charge is 2.05. The maximum atomic E-state index is 11.6. The summed E-state index contributed by atoms with van der Waals surface area (Å²) in [4.78, 5) is 22.4. The zero-order chi connectivity index (χ0) is 12.1. The van der Waals surface area contributed by atoms with Gasteiger partial charge in [-0.05, 0) is 12.1 Å². The second-order valence-electron chi connectivity index (χ2n) is 3.44. The first kappa shape index (κ1) is 11.6. The Morgan fingerprint density at radius 3 is 2.94 bits per heavy atom. The molecule has 0 saturated carbocycles. The van der Waals surface area contributed by atoms with Gasteiger partial charge in [-0.3, -0.25) is 4.79 Å². The van der Waals surface area contributed by atoms with E-state index >= 15 is 0 Å². The van der Waals surface area contributed by atoms with E-state index in [4.69, 9.17) is 11.6 Å². The van der Waals surface area contributed by atoms with Crippen molar-refractivity contribution in [1.29, 1.82) is 0 Å². The summed E-state index contributed by atoms with van der Waals surface area (Å²) in [5.74, 6) is -0.207. The lowest BCUT2D eigenvalue weighted by molar-refractivity contribution is 0.0949. The number of rotatable bonds is 4. The van der Waals surface area contributed by atoms with Crippen LogP contribution < -0.4 is 5.32 Å². The Bertz CT molecular complexity index is 481. The van der Waals surface area contributed by atoms with Crippen molar-refractivity contribution in [2.75, 3.05) is 6.54 Å². The number of H-pyrrole nitrogens is 1.